The van der Waals surface area contributed by atoms with E-state index in [-0.39, 0.29) is 37.1 Å². The number of anilines is 1. The summed E-state index contributed by atoms with van der Waals surface area (Å²) in [5.41, 5.74) is 1.94. The van der Waals surface area contributed by atoms with Crippen LogP contribution in [0.3, 0.4) is 0 Å². The molecule has 0 aliphatic carbocycles. The Morgan fingerprint density at radius 3 is 2.38 bits per heavy atom. The van der Waals surface area contributed by atoms with Crippen LogP contribution in [0.25, 0.3) is 0 Å². The van der Waals surface area contributed by atoms with Crippen LogP contribution in [-0.2, 0) is 32.6 Å². The van der Waals surface area contributed by atoms with Crippen LogP contribution in [0.4, 0.5) is 5.69 Å². The zero-order valence-electron chi connectivity index (χ0n) is 22.4. The van der Waals surface area contributed by atoms with E-state index in [1.54, 1.807) is 18.2 Å². The van der Waals surface area contributed by atoms with Crippen LogP contribution in [-0.4, -0.2) is 56.8 Å². The van der Waals surface area contributed by atoms with E-state index >= 15 is 0 Å². The lowest BCUT2D eigenvalue weighted by Crippen LogP contribution is -2.53. The second kappa shape index (κ2) is 13.2. The van der Waals surface area contributed by atoms with Gasteiger partial charge < -0.3 is 19.7 Å². The second-order valence-electron chi connectivity index (χ2n) is 9.20. The lowest BCUT2D eigenvalue weighted by Gasteiger charge is -2.33. The maximum Gasteiger partial charge on any atom is 0.244 e. The molecule has 0 saturated carbocycles. The summed E-state index contributed by atoms with van der Waals surface area (Å²) in [5, 5.41) is 2.85. The van der Waals surface area contributed by atoms with Gasteiger partial charge in [-0.05, 0) is 49.2 Å². The molecule has 1 N–H and O–H groups in total. The molecule has 3 aromatic rings. The van der Waals surface area contributed by atoms with Crippen molar-refractivity contribution in [1.82, 2.24) is 10.2 Å². The first kappa shape index (κ1) is 29.4. The molecule has 1 aliphatic heterocycles. The number of sulfonamides is 1. The number of carbonyl (C=O) groups excluding carboxylic acids is 2. The molecular formula is C29H32BrN3O6S. The summed E-state index contributed by atoms with van der Waals surface area (Å²) in [5.74, 6) is -0.148. The van der Waals surface area contributed by atoms with Crippen LogP contribution >= 0.6 is 15.9 Å². The number of hydrogen-bond donors (Lipinski definition) is 1. The second-order valence-corrected chi connectivity index (χ2v) is 12.3. The highest BCUT2D eigenvalue weighted by Gasteiger charge is 2.34. The number of amides is 2. The monoisotopic (exact) mass is 629 g/mol. The average Bonchev–Trinajstić information content (AvgIpc) is 3.42. The molecule has 0 aromatic heterocycles. The van der Waals surface area contributed by atoms with E-state index in [0.29, 0.717) is 18.0 Å². The van der Waals surface area contributed by atoms with E-state index in [1.165, 1.54) is 11.8 Å². The Labute approximate surface area is 243 Å². The molecule has 212 valence electrons. The Kier molecular flexibility index (Phi) is 9.70. The molecule has 1 aliphatic rings. The smallest absolute Gasteiger partial charge is 0.244 e. The first-order valence-corrected chi connectivity index (χ1v) is 15.4. The number of fused-ring (bicyclic) bond motifs is 1. The minimum atomic E-state index is -3.87. The van der Waals surface area contributed by atoms with Crippen molar-refractivity contribution in [3.8, 4) is 11.5 Å². The third-order valence-corrected chi connectivity index (χ3v) is 8.72. The topological polar surface area (TPSA) is 105 Å². The van der Waals surface area contributed by atoms with Crippen LogP contribution in [0, 0.1) is 0 Å². The minimum absolute atomic E-state index is 0.0341. The van der Waals surface area contributed by atoms with Crippen LogP contribution < -0.4 is 19.1 Å². The zero-order valence-corrected chi connectivity index (χ0v) is 24.8. The van der Waals surface area contributed by atoms with Crippen molar-refractivity contribution in [2.75, 3.05) is 29.9 Å². The summed E-state index contributed by atoms with van der Waals surface area (Å²) in [6.45, 7) is 3.37. The van der Waals surface area contributed by atoms with Gasteiger partial charge in [0.05, 0.1) is 11.4 Å². The summed E-state index contributed by atoms with van der Waals surface area (Å²) in [6, 6.07) is 20.7. The number of rotatable bonds is 12. The van der Waals surface area contributed by atoms with Gasteiger partial charge in [0, 0.05) is 30.0 Å². The number of benzene rings is 3. The highest BCUT2D eigenvalue weighted by atomic mass is 79.9. The van der Waals surface area contributed by atoms with E-state index in [0.717, 1.165) is 19.9 Å². The van der Waals surface area contributed by atoms with Crippen molar-refractivity contribution in [3.05, 3.63) is 88.4 Å². The van der Waals surface area contributed by atoms with Crippen molar-refractivity contribution in [1.29, 1.82) is 0 Å². The summed E-state index contributed by atoms with van der Waals surface area (Å²) < 4.78 is 39.2. The third kappa shape index (κ3) is 7.14. The minimum Gasteiger partial charge on any atom is -0.454 e. The van der Waals surface area contributed by atoms with Gasteiger partial charge in [-0.3, -0.25) is 13.9 Å². The Bertz CT molecular complexity index is 1450. The molecule has 9 nitrogen and oxygen atoms in total. The van der Waals surface area contributed by atoms with Crippen LogP contribution in [0.15, 0.2) is 77.3 Å². The van der Waals surface area contributed by atoms with Gasteiger partial charge in [-0.25, -0.2) is 8.42 Å². The quantitative estimate of drug-likeness (QED) is 0.323. The third-order valence-electron chi connectivity index (χ3n) is 6.49. The van der Waals surface area contributed by atoms with E-state index in [4.69, 9.17) is 9.47 Å². The Hall–Kier alpha value is -3.57. The number of hydrogen-bond acceptors (Lipinski definition) is 6. The van der Waals surface area contributed by atoms with Gasteiger partial charge in [-0.2, -0.15) is 0 Å². The van der Waals surface area contributed by atoms with Crippen LogP contribution in [0.2, 0.25) is 0 Å². The number of ether oxygens (including phenoxy) is 2. The lowest BCUT2D eigenvalue weighted by atomic mass is 10.0. The van der Waals surface area contributed by atoms with Crippen LogP contribution in [0.5, 0.6) is 11.5 Å². The molecule has 1 atom stereocenters. The lowest BCUT2D eigenvalue weighted by molar-refractivity contribution is -0.140. The standard InChI is InChI=1S/C29H32BrN3O6S/c1-3-31-29(35)25(16-21-9-6-5-7-10-21)32(18-22-11-8-12-23(30)15-22)28(34)19-33(40(36,37)4-2)24-13-14-26-27(17-24)39-20-38-26/h5-15,17,25H,3-4,16,18-20H2,1-2H3,(H,31,35)/t25-/m1/s1. The van der Waals surface area contributed by atoms with Gasteiger partial charge in [-0.1, -0.05) is 58.4 Å². The molecular weight excluding hydrogens is 598 g/mol. The molecule has 4 rings (SSSR count). The van der Waals surface area contributed by atoms with Gasteiger partial charge in [-0.15, -0.1) is 0 Å². The van der Waals surface area contributed by atoms with E-state index in [1.807, 2.05) is 61.5 Å². The normalized spacial score (nSPS) is 13.0. The molecule has 0 radical (unpaired) electrons. The Balaban J connectivity index is 1.73. The molecule has 0 bridgehead atoms. The van der Waals surface area contributed by atoms with E-state index in [2.05, 4.69) is 21.2 Å². The number of carbonyl (C=O) groups is 2. The van der Waals surface area contributed by atoms with E-state index < -0.39 is 28.5 Å². The van der Waals surface area contributed by atoms with E-state index in [9.17, 15) is 18.0 Å². The number of halogens is 1. The first-order valence-electron chi connectivity index (χ1n) is 13.0. The molecule has 0 spiro atoms. The summed E-state index contributed by atoms with van der Waals surface area (Å²) in [6.07, 6.45) is 0.261. The zero-order chi connectivity index (χ0) is 28.7. The summed E-state index contributed by atoms with van der Waals surface area (Å²) >= 11 is 3.47. The van der Waals surface area contributed by atoms with Gasteiger partial charge in [0.2, 0.25) is 28.6 Å². The predicted octanol–water partition coefficient (Wildman–Crippen LogP) is 4.11. The molecule has 40 heavy (non-hydrogen) atoms. The summed E-state index contributed by atoms with van der Waals surface area (Å²) in [7, 11) is -3.87. The highest BCUT2D eigenvalue weighted by Crippen LogP contribution is 2.36. The van der Waals surface area contributed by atoms with Gasteiger partial charge in [0.25, 0.3) is 0 Å². The number of nitrogens with zero attached hydrogens (tertiary/aromatic N) is 2. The van der Waals surface area contributed by atoms with Crippen LogP contribution in [0.1, 0.15) is 25.0 Å². The largest absolute Gasteiger partial charge is 0.454 e. The van der Waals surface area contributed by atoms with Gasteiger partial charge in [0.15, 0.2) is 11.5 Å². The van der Waals surface area contributed by atoms with Gasteiger partial charge in [0.1, 0.15) is 12.6 Å². The fraction of sp³-hybridized carbons (Fsp3) is 0.310. The molecule has 2 amide bonds. The van der Waals surface area contributed by atoms with Crippen molar-refractivity contribution in [3.63, 3.8) is 0 Å². The van der Waals surface area contributed by atoms with Crippen molar-refractivity contribution in [2.24, 2.45) is 0 Å². The SMILES string of the molecule is CCNC(=O)[C@@H](Cc1ccccc1)N(Cc1cccc(Br)c1)C(=O)CN(c1ccc2c(c1)OCO2)S(=O)(=O)CC. The molecule has 11 heteroatoms. The molecule has 0 unspecified atom stereocenters. The molecule has 0 fully saturated rings. The average molecular weight is 631 g/mol. The van der Waals surface area contributed by atoms with Crippen molar-refractivity contribution < 1.29 is 27.5 Å². The fourth-order valence-electron chi connectivity index (χ4n) is 4.44. The molecule has 3 aromatic carbocycles. The maximum absolute atomic E-state index is 14.1. The highest BCUT2D eigenvalue weighted by molar-refractivity contribution is 9.10. The maximum atomic E-state index is 14.1. The molecule has 0 saturated heterocycles. The van der Waals surface area contributed by atoms with Crippen molar-refractivity contribution >= 4 is 43.5 Å². The van der Waals surface area contributed by atoms with Gasteiger partial charge >= 0.3 is 0 Å². The predicted molar refractivity (Wildman–Crippen MR) is 157 cm³/mol. The number of nitrogens with one attached hydrogen (secondary N) is 1. The number of likely N-dealkylation sites (N-methyl/N-ethyl adjacent to an activating group) is 1. The van der Waals surface area contributed by atoms with Crippen molar-refractivity contribution in [2.45, 2.75) is 32.9 Å². The Morgan fingerprint density at radius 2 is 1.68 bits per heavy atom. The Morgan fingerprint density at radius 1 is 0.950 bits per heavy atom. The fourth-order valence-corrected chi connectivity index (χ4v) is 5.94. The summed E-state index contributed by atoms with van der Waals surface area (Å²) in [4.78, 5) is 29.0. The molecule has 1 heterocycles. The first-order chi connectivity index (χ1) is 19.2.